The maximum Gasteiger partial charge on any atom is 0.0246 e. The van der Waals surface area contributed by atoms with Crippen molar-refractivity contribution in [1.82, 2.24) is 10.2 Å². The van der Waals surface area contributed by atoms with Gasteiger partial charge in [-0.1, -0.05) is 25.5 Å². The van der Waals surface area contributed by atoms with Gasteiger partial charge in [-0.2, -0.15) is 0 Å². The van der Waals surface area contributed by atoms with Gasteiger partial charge in [0.1, 0.15) is 0 Å². The lowest BCUT2D eigenvalue weighted by molar-refractivity contribution is 0.130. The predicted octanol–water partition coefficient (Wildman–Crippen LogP) is 2.42. The molecule has 0 bridgehead atoms. The average Bonchev–Trinajstić information content (AvgIpc) is 2.24. The van der Waals surface area contributed by atoms with E-state index in [2.05, 4.69) is 37.1 Å². The Morgan fingerprint density at radius 3 is 2.94 bits per heavy atom. The number of hydrogen-bond acceptors (Lipinski definition) is 2. The summed E-state index contributed by atoms with van der Waals surface area (Å²) < 4.78 is 0. The van der Waals surface area contributed by atoms with Crippen LogP contribution in [-0.4, -0.2) is 37.1 Å². The molecular formula is C14H26N2. The highest BCUT2D eigenvalue weighted by atomic mass is 15.2. The Morgan fingerprint density at radius 1 is 1.50 bits per heavy atom. The van der Waals surface area contributed by atoms with Gasteiger partial charge in [0.2, 0.25) is 0 Å². The van der Waals surface area contributed by atoms with Crippen LogP contribution in [0.5, 0.6) is 0 Å². The topological polar surface area (TPSA) is 15.3 Å². The predicted molar refractivity (Wildman–Crippen MR) is 69.6 cm³/mol. The molecule has 0 aromatic rings. The van der Waals surface area contributed by atoms with Crippen molar-refractivity contribution in [2.45, 2.75) is 46.1 Å². The van der Waals surface area contributed by atoms with E-state index in [4.69, 9.17) is 0 Å². The third-order valence-corrected chi connectivity index (χ3v) is 4.29. The minimum atomic E-state index is 0.467. The Balaban J connectivity index is 1.89. The van der Waals surface area contributed by atoms with E-state index in [1.807, 2.05) is 0 Å². The van der Waals surface area contributed by atoms with Gasteiger partial charge in [0, 0.05) is 25.7 Å². The van der Waals surface area contributed by atoms with Crippen LogP contribution in [0.3, 0.4) is 0 Å². The zero-order chi connectivity index (χ0) is 11.6. The first-order valence-electron chi connectivity index (χ1n) is 6.69. The molecule has 0 aliphatic carbocycles. The van der Waals surface area contributed by atoms with Gasteiger partial charge in [-0.3, -0.25) is 4.90 Å². The van der Waals surface area contributed by atoms with Gasteiger partial charge in [0.15, 0.2) is 0 Å². The fourth-order valence-electron chi connectivity index (χ4n) is 2.82. The van der Waals surface area contributed by atoms with Crippen LogP contribution in [0.4, 0.5) is 0 Å². The van der Waals surface area contributed by atoms with Crippen molar-refractivity contribution in [2.24, 2.45) is 5.41 Å². The van der Waals surface area contributed by atoms with Crippen LogP contribution in [-0.2, 0) is 0 Å². The van der Waals surface area contributed by atoms with Crippen LogP contribution < -0.4 is 5.32 Å². The monoisotopic (exact) mass is 222 g/mol. The molecule has 2 nitrogen and oxygen atoms in total. The summed E-state index contributed by atoms with van der Waals surface area (Å²) in [4.78, 5) is 2.59. The van der Waals surface area contributed by atoms with Crippen LogP contribution in [0.2, 0.25) is 0 Å². The number of nitrogens with one attached hydrogen (secondary N) is 1. The minimum Gasteiger partial charge on any atom is -0.312 e. The molecule has 2 aliphatic rings. The number of nitrogens with zero attached hydrogens (tertiary/aromatic N) is 1. The lowest BCUT2D eigenvalue weighted by Crippen LogP contribution is -2.53. The van der Waals surface area contributed by atoms with Crippen LogP contribution >= 0.6 is 0 Å². The molecule has 1 N–H and O–H groups in total. The molecule has 92 valence electrons. The molecule has 0 radical (unpaired) electrons. The standard InChI is InChI=1S/C14H26N2/c1-12-5-9-16(10-6-12)11-13-14(2,3)7-4-8-15-13/h5,13,15H,4,6-11H2,1-3H3. The molecule has 1 saturated heterocycles. The van der Waals surface area contributed by atoms with Gasteiger partial charge in [-0.05, 0) is 38.1 Å². The second kappa shape index (κ2) is 4.89. The zero-order valence-electron chi connectivity index (χ0n) is 11.1. The van der Waals surface area contributed by atoms with E-state index in [0.29, 0.717) is 11.5 Å². The first-order chi connectivity index (χ1) is 7.58. The van der Waals surface area contributed by atoms with Crippen molar-refractivity contribution >= 4 is 0 Å². The van der Waals surface area contributed by atoms with Gasteiger partial charge in [-0.15, -0.1) is 0 Å². The van der Waals surface area contributed by atoms with Gasteiger partial charge < -0.3 is 5.32 Å². The molecule has 1 atom stereocenters. The molecule has 0 aromatic heterocycles. The highest BCUT2D eigenvalue weighted by Gasteiger charge is 2.33. The number of rotatable bonds is 2. The summed E-state index contributed by atoms with van der Waals surface area (Å²) in [5, 5.41) is 3.71. The Morgan fingerprint density at radius 2 is 2.31 bits per heavy atom. The summed E-state index contributed by atoms with van der Waals surface area (Å²) in [5.74, 6) is 0. The summed E-state index contributed by atoms with van der Waals surface area (Å²) in [6, 6.07) is 0.674. The zero-order valence-corrected chi connectivity index (χ0v) is 11.1. The molecule has 2 rings (SSSR count). The van der Waals surface area contributed by atoms with E-state index in [-0.39, 0.29) is 0 Å². The van der Waals surface area contributed by atoms with E-state index < -0.39 is 0 Å². The molecule has 0 saturated carbocycles. The Bertz CT molecular complexity index is 268. The van der Waals surface area contributed by atoms with Gasteiger partial charge in [-0.25, -0.2) is 0 Å². The van der Waals surface area contributed by atoms with Gasteiger partial charge in [0.25, 0.3) is 0 Å². The highest BCUT2D eigenvalue weighted by molar-refractivity contribution is 5.04. The summed E-state index contributed by atoms with van der Waals surface area (Å²) >= 11 is 0. The first kappa shape index (κ1) is 12.1. The second-order valence-electron chi connectivity index (χ2n) is 6.16. The molecule has 2 heterocycles. The number of hydrogen-bond donors (Lipinski definition) is 1. The van der Waals surface area contributed by atoms with Crippen LogP contribution in [0.25, 0.3) is 0 Å². The third kappa shape index (κ3) is 2.86. The van der Waals surface area contributed by atoms with E-state index >= 15 is 0 Å². The van der Waals surface area contributed by atoms with E-state index in [0.717, 1.165) is 6.54 Å². The summed E-state index contributed by atoms with van der Waals surface area (Å²) in [6.45, 7) is 11.9. The van der Waals surface area contributed by atoms with Gasteiger partial charge >= 0.3 is 0 Å². The lowest BCUT2D eigenvalue weighted by atomic mass is 9.77. The van der Waals surface area contributed by atoms with E-state index in [1.54, 1.807) is 5.57 Å². The second-order valence-corrected chi connectivity index (χ2v) is 6.16. The minimum absolute atomic E-state index is 0.467. The number of piperidine rings is 1. The van der Waals surface area contributed by atoms with Crippen molar-refractivity contribution < 1.29 is 0 Å². The molecule has 16 heavy (non-hydrogen) atoms. The summed E-state index contributed by atoms with van der Waals surface area (Å²) in [6.07, 6.45) is 6.35. The largest absolute Gasteiger partial charge is 0.312 e. The quantitative estimate of drug-likeness (QED) is 0.722. The fourth-order valence-corrected chi connectivity index (χ4v) is 2.82. The Kier molecular flexibility index (Phi) is 3.70. The van der Waals surface area contributed by atoms with Crippen LogP contribution in [0, 0.1) is 5.41 Å². The van der Waals surface area contributed by atoms with Gasteiger partial charge in [0.05, 0.1) is 0 Å². The van der Waals surface area contributed by atoms with Crippen molar-refractivity contribution in [3.05, 3.63) is 11.6 Å². The molecular weight excluding hydrogens is 196 g/mol. The Hall–Kier alpha value is -0.340. The van der Waals surface area contributed by atoms with Crippen molar-refractivity contribution in [2.75, 3.05) is 26.2 Å². The molecule has 2 aliphatic heterocycles. The van der Waals surface area contributed by atoms with Crippen molar-refractivity contribution in [1.29, 1.82) is 0 Å². The summed E-state index contributed by atoms with van der Waals surface area (Å²) in [7, 11) is 0. The molecule has 1 unspecified atom stereocenters. The normalized spacial score (nSPS) is 31.2. The average molecular weight is 222 g/mol. The van der Waals surface area contributed by atoms with Crippen molar-refractivity contribution in [3.63, 3.8) is 0 Å². The smallest absolute Gasteiger partial charge is 0.0246 e. The molecule has 0 spiro atoms. The molecule has 0 aromatic carbocycles. The maximum absolute atomic E-state index is 3.71. The van der Waals surface area contributed by atoms with E-state index in [9.17, 15) is 0 Å². The maximum atomic E-state index is 3.71. The van der Waals surface area contributed by atoms with Crippen LogP contribution in [0.1, 0.15) is 40.0 Å². The first-order valence-corrected chi connectivity index (χ1v) is 6.69. The SMILES string of the molecule is CC1=CCN(CC2NCCCC2(C)C)CC1. The molecule has 1 fully saturated rings. The highest BCUT2D eigenvalue weighted by Crippen LogP contribution is 2.30. The molecule has 0 amide bonds. The summed E-state index contributed by atoms with van der Waals surface area (Å²) in [5.41, 5.74) is 2.03. The lowest BCUT2D eigenvalue weighted by Gasteiger charge is -2.42. The third-order valence-electron chi connectivity index (χ3n) is 4.29. The van der Waals surface area contributed by atoms with Crippen LogP contribution in [0.15, 0.2) is 11.6 Å². The Labute approximate surface area is 100 Å². The molecule has 2 heteroatoms. The van der Waals surface area contributed by atoms with Crippen molar-refractivity contribution in [3.8, 4) is 0 Å². The fraction of sp³-hybridized carbons (Fsp3) is 0.857. The van der Waals surface area contributed by atoms with E-state index in [1.165, 1.54) is 38.9 Å².